The van der Waals surface area contributed by atoms with E-state index in [4.69, 9.17) is 111 Å². The van der Waals surface area contributed by atoms with E-state index >= 15 is 0 Å². The van der Waals surface area contributed by atoms with E-state index in [9.17, 15) is 0 Å². The smallest absolute Gasteiger partial charge is 0.146 e. The van der Waals surface area contributed by atoms with Crippen molar-refractivity contribution >= 4 is 144 Å². The number of halogens is 10. The Balaban J connectivity index is 3.93. The monoisotopic (exact) mass is 792 g/mol. The van der Waals surface area contributed by atoms with Gasteiger partial charge in [-0.2, -0.15) is 0 Å². The van der Waals surface area contributed by atoms with Crippen LogP contribution in [0, 0.1) is 6.92 Å². The molecule has 0 heterocycles. The fourth-order valence-corrected chi connectivity index (χ4v) is 10.8. The Morgan fingerprint density at radius 3 is 0.703 bits per heavy atom. The Kier molecular flexibility index (Phi) is 15.8. The number of hydrogen-bond donors (Lipinski definition) is 0. The predicted molar refractivity (Wildman–Crippen MR) is 190 cm³/mol. The summed E-state index contributed by atoms with van der Waals surface area (Å²) >= 11 is 65.9. The highest BCUT2D eigenvalue weighted by molar-refractivity contribution is 7.46. The second kappa shape index (κ2) is 15.3. The average Bonchev–Trinajstić information content (AvgIpc) is 2.64. The summed E-state index contributed by atoms with van der Waals surface area (Å²) in [6, 6.07) is 3.73. The molecule has 1 aromatic rings. The third-order valence-electron chi connectivity index (χ3n) is 6.43. The van der Waals surface area contributed by atoms with Gasteiger partial charge in [0.25, 0.3) is 0 Å². The lowest BCUT2D eigenvalue weighted by Gasteiger charge is -2.29. The van der Waals surface area contributed by atoms with Crippen LogP contribution in [0.25, 0.3) is 0 Å². The van der Waals surface area contributed by atoms with Crippen molar-refractivity contribution in [2.45, 2.75) is 102 Å². The first-order valence-corrected chi connectivity index (χ1v) is 36.1. The third kappa shape index (κ3) is 16.6. The SMILES string of the molecule is Cc1c(CC[Si](C)(Cl)Cl)c(CC[Si](C)(Cl)Cl)c(CC[Si](C)(Cl)Cl)c(CC[Si](C)(Cl)Cl)c1CC[Si](C)(Cl)Cl. The lowest BCUT2D eigenvalue weighted by molar-refractivity contribution is 0.887. The molecule has 0 aliphatic carbocycles. The molecule has 0 unspecified atom stereocenters. The molecule has 0 atom stereocenters. The molecule has 0 saturated heterocycles. The molecule has 1 aromatic carbocycles. The van der Waals surface area contributed by atoms with Crippen molar-refractivity contribution in [1.29, 1.82) is 0 Å². The van der Waals surface area contributed by atoms with E-state index < -0.39 is 33.5 Å². The van der Waals surface area contributed by atoms with Crippen molar-refractivity contribution in [3.05, 3.63) is 33.4 Å². The minimum Gasteiger partial charge on any atom is -0.146 e. The van der Waals surface area contributed by atoms with E-state index in [-0.39, 0.29) is 0 Å². The highest BCUT2D eigenvalue weighted by atomic mass is 35.7. The second-order valence-electron chi connectivity index (χ2n) is 10.9. The van der Waals surface area contributed by atoms with E-state index in [1.807, 2.05) is 32.7 Å². The quantitative estimate of drug-likeness (QED) is 0.122. The highest BCUT2D eigenvalue weighted by Gasteiger charge is 2.32. The van der Waals surface area contributed by atoms with Crippen LogP contribution in [0.15, 0.2) is 0 Å². The number of hydrogen-bond acceptors (Lipinski definition) is 0. The summed E-state index contributed by atoms with van der Waals surface area (Å²) in [5, 5.41) is 0. The molecule has 1 rings (SSSR count). The summed E-state index contributed by atoms with van der Waals surface area (Å²) in [5.74, 6) is 0. The zero-order chi connectivity index (χ0) is 29.0. The van der Waals surface area contributed by atoms with E-state index in [2.05, 4.69) is 6.92 Å². The molecular formula is C22H38Cl10Si5. The molecule has 0 nitrogen and oxygen atoms in total. The van der Waals surface area contributed by atoms with Crippen LogP contribution in [0.4, 0.5) is 0 Å². The largest absolute Gasteiger partial charge is 0.248 e. The van der Waals surface area contributed by atoms with Gasteiger partial charge in [0.15, 0.2) is 0 Å². The molecule has 15 heteroatoms. The van der Waals surface area contributed by atoms with Gasteiger partial charge in [0, 0.05) is 0 Å². The van der Waals surface area contributed by atoms with Gasteiger partial charge in [-0.05, 0) is 135 Å². The molecule has 0 spiro atoms. The summed E-state index contributed by atoms with van der Waals surface area (Å²) in [6.45, 7) is 0.292. The van der Waals surface area contributed by atoms with Crippen LogP contribution in [0.5, 0.6) is 0 Å². The van der Waals surface area contributed by atoms with Crippen molar-refractivity contribution in [2.75, 3.05) is 0 Å². The fraction of sp³-hybridized carbons (Fsp3) is 0.727. The topological polar surface area (TPSA) is 0 Å². The molecule has 0 bridgehead atoms. The van der Waals surface area contributed by atoms with E-state index in [0.717, 1.165) is 62.3 Å². The first kappa shape index (κ1) is 38.2. The molecule has 0 saturated carbocycles. The van der Waals surface area contributed by atoms with Crippen LogP contribution in [-0.4, -0.2) is 33.5 Å². The van der Waals surface area contributed by atoms with Crippen LogP contribution < -0.4 is 0 Å². The second-order valence-corrected chi connectivity index (χ2v) is 52.0. The highest BCUT2D eigenvalue weighted by Crippen LogP contribution is 2.39. The lowest BCUT2D eigenvalue weighted by Crippen LogP contribution is -2.23. The van der Waals surface area contributed by atoms with Crippen LogP contribution in [0.2, 0.25) is 63.0 Å². The normalized spacial score (nSPS) is 13.9. The first-order chi connectivity index (χ1) is 16.4. The molecular weight excluding hydrogens is 759 g/mol. The molecule has 0 amide bonds. The van der Waals surface area contributed by atoms with Crippen LogP contribution in [-0.2, 0) is 32.1 Å². The maximum absolute atomic E-state index is 6.61. The lowest BCUT2D eigenvalue weighted by atomic mass is 9.82. The van der Waals surface area contributed by atoms with Gasteiger partial charge < -0.3 is 0 Å². The first-order valence-electron chi connectivity index (χ1n) is 12.4. The Morgan fingerprint density at radius 2 is 0.514 bits per heavy atom. The maximum atomic E-state index is 6.61. The third-order valence-corrected chi connectivity index (χ3v) is 17.7. The molecule has 0 aliphatic heterocycles. The molecule has 37 heavy (non-hydrogen) atoms. The zero-order valence-corrected chi connectivity index (χ0v) is 34.9. The van der Waals surface area contributed by atoms with Gasteiger partial charge in [-0.1, -0.05) is 0 Å². The van der Waals surface area contributed by atoms with Crippen molar-refractivity contribution < 1.29 is 0 Å². The van der Waals surface area contributed by atoms with Gasteiger partial charge in [-0.15, -0.1) is 111 Å². The minimum absolute atomic E-state index is 0.736. The summed E-state index contributed by atoms with van der Waals surface area (Å²) in [4.78, 5) is 0. The van der Waals surface area contributed by atoms with E-state index in [1.54, 1.807) is 0 Å². The summed E-state index contributed by atoms with van der Waals surface area (Å²) in [6.07, 6.45) is 3.94. The molecule has 0 radical (unpaired) electrons. The Labute approximate surface area is 276 Å². The average molecular weight is 798 g/mol. The molecule has 0 N–H and O–H groups in total. The Bertz CT molecular complexity index is 833. The van der Waals surface area contributed by atoms with Crippen molar-refractivity contribution in [1.82, 2.24) is 0 Å². The van der Waals surface area contributed by atoms with Gasteiger partial charge in [0.2, 0.25) is 33.5 Å². The molecule has 0 fully saturated rings. The summed E-state index contributed by atoms with van der Waals surface area (Å²) in [5.41, 5.74) is 7.70. The van der Waals surface area contributed by atoms with Crippen LogP contribution in [0.1, 0.15) is 33.4 Å². The molecule has 0 aliphatic rings. The predicted octanol–water partition coefficient (Wildman–Crippen LogP) is 12.5. The van der Waals surface area contributed by atoms with Gasteiger partial charge >= 0.3 is 0 Å². The Morgan fingerprint density at radius 1 is 0.351 bits per heavy atom. The maximum Gasteiger partial charge on any atom is 0.248 e. The van der Waals surface area contributed by atoms with Crippen molar-refractivity contribution in [3.63, 3.8) is 0 Å². The molecule has 216 valence electrons. The van der Waals surface area contributed by atoms with Gasteiger partial charge in [-0.25, -0.2) is 0 Å². The number of benzene rings is 1. The van der Waals surface area contributed by atoms with Crippen molar-refractivity contribution in [3.8, 4) is 0 Å². The van der Waals surface area contributed by atoms with Crippen molar-refractivity contribution in [2.24, 2.45) is 0 Å². The standard InChI is InChI=1S/C22H38Cl10Si5/c1-17-18(7-12-33(2,23)24)20(9-14-35(4,27)28)22(11-16-37(6,31)32)21(10-15-36(5,29)30)19(17)8-13-34(3,25)26/h7-16H2,1-6H3. The molecule has 0 aromatic heterocycles. The Hall–Kier alpha value is 3.20. The summed E-state index contributed by atoms with van der Waals surface area (Å²) in [7, 11) is 0. The van der Waals surface area contributed by atoms with E-state index in [0.29, 0.717) is 0 Å². The van der Waals surface area contributed by atoms with Gasteiger partial charge in [0.1, 0.15) is 0 Å². The number of rotatable bonds is 15. The minimum atomic E-state index is -2.36. The zero-order valence-electron chi connectivity index (χ0n) is 22.4. The fourth-order valence-electron chi connectivity index (χ4n) is 4.49. The summed E-state index contributed by atoms with van der Waals surface area (Å²) < 4.78 is 0. The van der Waals surface area contributed by atoms with Gasteiger partial charge in [0.05, 0.1) is 0 Å². The van der Waals surface area contributed by atoms with Gasteiger partial charge in [-0.3, -0.25) is 0 Å². The van der Waals surface area contributed by atoms with E-state index in [1.165, 1.54) is 33.4 Å². The van der Waals surface area contributed by atoms with Crippen LogP contribution in [0.3, 0.4) is 0 Å². The van der Waals surface area contributed by atoms with Crippen LogP contribution >= 0.6 is 111 Å².